The van der Waals surface area contributed by atoms with Gasteiger partial charge in [-0.25, -0.2) is 13.6 Å². The number of hydrogen-bond donors (Lipinski definition) is 0. The minimum absolute atomic E-state index is 0.0419. The van der Waals surface area contributed by atoms with Gasteiger partial charge < -0.3 is 28.4 Å². The van der Waals surface area contributed by atoms with E-state index in [1.54, 1.807) is 11.9 Å². The lowest BCUT2D eigenvalue weighted by atomic mass is 9.93. The number of thioether (sulfide) groups is 1. The summed E-state index contributed by atoms with van der Waals surface area (Å²) in [5.41, 5.74) is 0.332. The number of rotatable bonds is 6. The molecule has 45 heavy (non-hydrogen) atoms. The number of aromatic nitrogens is 1. The molecule has 238 valence electrons. The molecule has 0 saturated carbocycles. The maximum absolute atomic E-state index is 15.5. The number of amides is 1. The average Bonchev–Trinajstić information content (AvgIpc) is 3.17. The number of pyridine rings is 1. The number of ether oxygens (including phenoxy) is 4. The second-order valence-corrected chi connectivity index (χ2v) is 15.1. The first-order valence-corrected chi connectivity index (χ1v) is 17.7. The first-order valence-electron chi connectivity index (χ1n) is 14.2. The summed E-state index contributed by atoms with van der Waals surface area (Å²) in [6.07, 6.45) is -0.464. The summed E-state index contributed by atoms with van der Waals surface area (Å²) in [5.74, 6) is -2.86. The molecule has 0 N–H and O–H groups in total. The normalized spacial score (nSPS) is 19.1. The van der Waals surface area contributed by atoms with Crippen LogP contribution in [-0.2, 0) is 24.5 Å². The Balaban J connectivity index is 1.63. The molecule has 3 aliphatic heterocycles. The fraction of sp³-hybridized carbons (Fsp3) is 0.367. The van der Waals surface area contributed by atoms with Gasteiger partial charge in [-0.2, -0.15) is 0 Å². The summed E-state index contributed by atoms with van der Waals surface area (Å²) in [4.78, 5) is 42.2. The van der Waals surface area contributed by atoms with Gasteiger partial charge in [-0.05, 0) is 43.5 Å². The molecular formula is C30H30F2N3O8PS. The summed E-state index contributed by atoms with van der Waals surface area (Å²) in [6, 6.07) is 9.17. The van der Waals surface area contributed by atoms with Gasteiger partial charge in [0.15, 0.2) is 17.3 Å². The van der Waals surface area contributed by atoms with Gasteiger partial charge >= 0.3 is 6.16 Å². The van der Waals surface area contributed by atoms with Crippen molar-refractivity contribution in [1.29, 1.82) is 0 Å². The number of hydrogen-bond acceptors (Lipinski definition) is 10. The van der Waals surface area contributed by atoms with Gasteiger partial charge in [0.2, 0.25) is 18.0 Å². The van der Waals surface area contributed by atoms with E-state index < -0.39 is 61.0 Å². The minimum atomic E-state index is -3.31. The molecule has 0 bridgehead atoms. The van der Waals surface area contributed by atoms with Crippen LogP contribution >= 0.6 is 18.9 Å². The van der Waals surface area contributed by atoms with E-state index in [2.05, 4.69) is 0 Å². The van der Waals surface area contributed by atoms with E-state index in [0.717, 1.165) is 16.5 Å². The van der Waals surface area contributed by atoms with Gasteiger partial charge in [-0.3, -0.25) is 19.3 Å². The van der Waals surface area contributed by atoms with Gasteiger partial charge in [-0.1, -0.05) is 24.3 Å². The molecule has 1 aromatic heterocycles. The highest BCUT2D eigenvalue weighted by Gasteiger charge is 2.47. The summed E-state index contributed by atoms with van der Waals surface area (Å²) in [5, 5.41) is 1.64. The number of nitrogens with zero attached hydrogens (tertiary/aromatic N) is 3. The van der Waals surface area contributed by atoms with E-state index in [1.165, 1.54) is 46.9 Å². The van der Waals surface area contributed by atoms with Crippen molar-refractivity contribution in [2.24, 2.45) is 0 Å². The van der Waals surface area contributed by atoms with Crippen molar-refractivity contribution < 1.29 is 41.9 Å². The van der Waals surface area contributed by atoms with Crippen LogP contribution in [0.4, 0.5) is 13.6 Å². The van der Waals surface area contributed by atoms with E-state index >= 15 is 4.39 Å². The Labute approximate surface area is 261 Å². The van der Waals surface area contributed by atoms with Crippen LogP contribution in [0, 0.1) is 11.6 Å². The zero-order valence-corrected chi connectivity index (χ0v) is 26.4. The molecule has 6 rings (SSSR count). The molecule has 2 atom stereocenters. The largest absolute Gasteiger partial charge is 0.511 e. The molecule has 15 heteroatoms. The van der Waals surface area contributed by atoms with Crippen LogP contribution in [0.25, 0.3) is 0 Å². The van der Waals surface area contributed by atoms with Crippen molar-refractivity contribution in [3.63, 3.8) is 0 Å². The monoisotopic (exact) mass is 661 g/mol. The zero-order chi connectivity index (χ0) is 32.0. The van der Waals surface area contributed by atoms with E-state index in [0.29, 0.717) is 5.56 Å². The standard InChI is InChI=1S/C30H30F2N3O8PS/c1-4-41-30(38)43-16-42-28-26-29(37)33-11-12-40-14-23(33)35(34(26)13-21(27(28)36)44(2,3)39)25-17-9-10-20(31)24(32)19(17)15-45-22-8-6-5-7-18(22)25/h5-10,13,23,25H,4,11-12,14-16H2,1-3H3/t23-,25+/m1/s1. The smallest absolute Gasteiger partial charge is 0.451 e. The first kappa shape index (κ1) is 31.1. The molecule has 1 saturated heterocycles. The molecule has 1 amide bonds. The quantitative estimate of drug-likeness (QED) is 0.218. The lowest BCUT2D eigenvalue weighted by Gasteiger charge is -2.51. The number of morpholine rings is 1. The minimum Gasteiger partial charge on any atom is -0.451 e. The Kier molecular flexibility index (Phi) is 8.40. The molecule has 0 aliphatic carbocycles. The van der Waals surface area contributed by atoms with Crippen molar-refractivity contribution in [1.82, 2.24) is 9.58 Å². The third-order valence-electron chi connectivity index (χ3n) is 7.85. The van der Waals surface area contributed by atoms with E-state index in [-0.39, 0.29) is 48.7 Å². The van der Waals surface area contributed by atoms with Crippen LogP contribution in [0.2, 0.25) is 0 Å². The maximum atomic E-state index is 15.5. The molecule has 3 aliphatic rings. The van der Waals surface area contributed by atoms with Crippen LogP contribution in [0.3, 0.4) is 0 Å². The van der Waals surface area contributed by atoms with Crippen LogP contribution in [-0.4, -0.2) is 74.3 Å². The number of carbonyl (C=O) groups excluding carboxylic acids is 2. The first-order chi connectivity index (χ1) is 21.5. The highest BCUT2D eigenvalue weighted by atomic mass is 32.2. The van der Waals surface area contributed by atoms with E-state index in [4.69, 9.17) is 18.9 Å². The molecule has 3 aromatic rings. The van der Waals surface area contributed by atoms with Gasteiger partial charge in [0.25, 0.3) is 5.91 Å². The molecule has 0 spiro atoms. The molecule has 1 fully saturated rings. The zero-order valence-electron chi connectivity index (χ0n) is 24.7. The Morgan fingerprint density at radius 3 is 2.64 bits per heavy atom. The predicted molar refractivity (Wildman–Crippen MR) is 161 cm³/mol. The highest BCUT2D eigenvalue weighted by Crippen LogP contribution is 2.45. The number of carbonyl (C=O) groups is 2. The molecule has 11 nitrogen and oxygen atoms in total. The Bertz CT molecular complexity index is 1800. The average molecular weight is 662 g/mol. The number of benzene rings is 2. The van der Waals surface area contributed by atoms with Crippen LogP contribution in [0.15, 0.2) is 52.3 Å². The summed E-state index contributed by atoms with van der Waals surface area (Å²) in [6.45, 7) is 4.10. The fourth-order valence-corrected chi connectivity index (χ4v) is 7.92. The fourth-order valence-electron chi connectivity index (χ4n) is 5.83. The van der Waals surface area contributed by atoms with Crippen molar-refractivity contribution in [2.75, 3.05) is 51.5 Å². The predicted octanol–water partition coefficient (Wildman–Crippen LogP) is 4.03. The van der Waals surface area contributed by atoms with Crippen LogP contribution in [0.5, 0.6) is 5.75 Å². The van der Waals surface area contributed by atoms with Crippen molar-refractivity contribution in [2.45, 2.75) is 29.8 Å². The second-order valence-electron chi connectivity index (χ2n) is 10.9. The second kappa shape index (κ2) is 12.1. The molecule has 0 radical (unpaired) electrons. The Morgan fingerprint density at radius 1 is 1.11 bits per heavy atom. The van der Waals surface area contributed by atoms with E-state index in [9.17, 15) is 23.3 Å². The molecular weight excluding hydrogens is 631 g/mol. The highest BCUT2D eigenvalue weighted by molar-refractivity contribution is 7.98. The van der Waals surface area contributed by atoms with Crippen molar-refractivity contribution in [3.8, 4) is 5.75 Å². The van der Waals surface area contributed by atoms with Gasteiger partial charge in [0.05, 0.1) is 31.2 Å². The van der Waals surface area contributed by atoms with Gasteiger partial charge in [0.1, 0.15) is 13.3 Å². The van der Waals surface area contributed by atoms with Crippen molar-refractivity contribution in [3.05, 3.63) is 86.8 Å². The molecule has 0 unspecified atom stereocenters. The number of fused-ring (bicyclic) bond motifs is 4. The van der Waals surface area contributed by atoms with Crippen molar-refractivity contribution >= 4 is 36.3 Å². The van der Waals surface area contributed by atoms with E-state index in [1.807, 2.05) is 24.3 Å². The Hall–Kier alpha value is -3.87. The number of halogens is 2. The third-order valence-corrected chi connectivity index (χ3v) is 10.4. The summed E-state index contributed by atoms with van der Waals surface area (Å²) >= 11 is 1.35. The topological polar surface area (TPSA) is 117 Å². The molecule has 2 aromatic carbocycles. The summed E-state index contributed by atoms with van der Waals surface area (Å²) in [7, 11) is -3.31. The SMILES string of the molecule is CCOC(=O)OCOc1c2n(cc(P(C)(C)=O)c1=O)N([C@@H]1c3ccccc3SCc3c1ccc(F)c3F)[C@@H]1COCCN1C2=O. The lowest BCUT2D eigenvalue weighted by molar-refractivity contribution is -0.0211. The lowest BCUT2D eigenvalue weighted by Crippen LogP contribution is -2.67. The van der Waals surface area contributed by atoms with Crippen LogP contribution in [0.1, 0.15) is 40.1 Å². The maximum Gasteiger partial charge on any atom is 0.511 e. The van der Waals surface area contributed by atoms with Crippen LogP contribution < -0.4 is 20.5 Å². The summed E-state index contributed by atoms with van der Waals surface area (Å²) < 4.78 is 66.2. The third kappa shape index (κ3) is 5.49. The Morgan fingerprint density at radius 2 is 1.89 bits per heavy atom. The molecule has 4 heterocycles. The van der Waals surface area contributed by atoms with Gasteiger partial charge in [-0.15, -0.1) is 11.8 Å². The van der Waals surface area contributed by atoms with Gasteiger partial charge in [0, 0.05) is 29.0 Å².